The van der Waals surface area contributed by atoms with Crippen LogP contribution in [0.3, 0.4) is 0 Å². The molecular weight excluding hydrogens is 290 g/mol. The van der Waals surface area contributed by atoms with E-state index in [9.17, 15) is 0 Å². The van der Waals surface area contributed by atoms with Crippen molar-refractivity contribution in [2.24, 2.45) is 5.92 Å². The zero-order chi connectivity index (χ0) is 12.8. The number of piperidine rings is 1. The molecule has 18 heavy (non-hydrogen) atoms. The number of hydrogen-bond acceptors (Lipinski definition) is 3. The van der Waals surface area contributed by atoms with Crippen molar-refractivity contribution in [2.75, 3.05) is 26.2 Å². The third-order valence-electron chi connectivity index (χ3n) is 3.60. The summed E-state index contributed by atoms with van der Waals surface area (Å²) in [5.41, 5.74) is 1.16. The topological polar surface area (TPSA) is 28.2 Å². The van der Waals surface area contributed by atoms with Gasteiger partial charge in [-0.15, -0.1) is 0 Å². The second-order valence-corrected chi connectivity index (χ2v) is 5.90. The minimum Gasteiger partial charge on any atom is -0.317 e. The molecule has 0 radical (unpaired) electrons. The quantitative estimate of drug-likeness (QED) is 0.906. The van der Waals surface area contributed by atoms with Crippen molar-refractivity contribution >= 4 is 15.9 Å². The van der Waals surface area contributed by atoms with Crippen LogP contribution in [0.2, 0.25) is 0 Å². The van der Waals surface area contributed by atoms with Crippen molar-refractivity contribution in [1.29, 1.82) is 0 Å². The predicted octanol–water partition coefficient (Wildman–Crippen LogP) is 2.67. The van der Waals surface area contributed by atoms with Gasteiger partial charge in [0.2, 0.25) is 0 Å². The molecule has 0 saturated carbocycles. The first-order chi connectivity index (χ1) is 8.78. The lowest BCUT2D eigenvalue weighted by Crippen LogP contribution is -2.36. The lowest BCUT2D eigenvalue weighted by atomic mass is 9.97. The third-order valence-corrected chi connectivity index (χ3v) is 4.07. The maximum atomic E-state index is 4.46. The van der Waals surface area contributed by atoms with Crippen LogP contribution in [0.15, 0.2) is 22.8 Å². The highest BCUT2D eigenvalue weighted by Gasteiger charge is 2.16. The van der Waals surface area contributed by atoms with E-state index in [1.807, 2.05) is 6.20 Å². The lowest BCUT2D eigenvalue weighted by Gasteiger charge is -2.29. The Labute approximate surface area is 118 Å². The molecule has 0 atom stereocenters. The standard InChI is InChI=1S/C14H22BrN3/c1-2-18(10-12-5-7-16-8-6-12)11-14-4-3-13(15)9-17-14/h3-4,9,12,16H,2,5-8,10-11H2,1H3. The molecule has 0 bridgehead atoms. The van der Waals surface area contributed by atoms with Crippen molar-refractivity contribution in [3.63, 3.8) is 0 Å². The molecule has 0 aliphatic carbocycles. The fraction of sp³-hybridized carbons (Fsp3) is 0.643. The minimum atomic E-state index is 0.849. The molecule has 1 aromatic heterocycles. The molecule has 1 aromatic rings. The van der Waals surface area contributed by atoms with Crippen LogP contribution < -0.4 is 5.32 Å². The van der Waals surface area contributed by atoms with E-state index >= 15 is 0 Å². The molecule has 1 aliphatic rings. The smallest absolute Gasteiger partial charge is 0.0544 e. The van der Waals surface area contributed by atoms with Crippen LogP contribution in [0.25, 0.3) is 0 Å². The molecule has 0 aromatic carbocycles. The molecule has 0 spiro atoms. The first-order valence-corrected chi connectivity index (χ1v) is 7.60. The van der Waals surface area contributed by atoms with Crippen molar-refractivity contribution in [3.8, 4) is 0 Å². The van der Waals surface area contributed by atoms with Gasteiger partial charge in [0, 0.05) is 23.8 Å². The summed E-state index contributed by atoms with van der Waals surface area (Å²) in [6.45, 7) is 7.86. The van der Waals surface area contributed by atoms with Crippen LogP contribution in [0.5, 0.6) is 0 Å². The second-order valence-electron chi connectivity index (χ2n) is 4.99. The van der Waals surface area contributed by atoms with Gasteiger partial charge in [-0.1, -0.05) is 6.92 Å². The summed E-state index contributed by atoms with van der Waals surface area (Å²) in [4.78, 5) is 6.96. The van der Waals surface area contributed by atoms with E-state index in [2.05, 4.69) is 50.2 Å². The number of nitrogens with zero attached hydrogens (tertiary/aromatic N) is 2. The fourth-order valence-corrected chi connectivity index (χ4v) is 2.70. The Kier molecular flexibility index (Phi) is 5.60. The highest BCUT2D eigenvalue weighted by molar-refractivity contribution is 9.10. The van der Waals surface area contributed by atoms with Crippen LogP contribution >= 0.6 is 15.9 Å². The first kappa shape index (κ1) is 14.0. The molecule has 1 saturated heterocycles. The summed E-state index contributed by atoms with van der Waals surface area (Å²) in [6.07, 6.45) is 4.50. The minimum absolute atomic E-state index is 0.849. The van der Waals surface area contributed by atoms with E-state index in [0.717, 1.165) is 29.2 Å². The van der Waals surface area contributed by atoms with Gasteiger partial charge in [-0.05, 0) is 66.5 Å². The fourth-order valence-electron chi connectivity index (χ4n) is 2.46. The summed E-state index contributed by atoms with van der Waals surface area (Å²) >= 11 is 3.43. The van der Waals surface area contributed by atoms with Crippen molar-refractivity contribution in [1.82, 2.24) is 15.2 Å². The summed E-state index contributed by atoms with van der Waals surface area (Å²) in [7, 11) is 0. The normalized spacial score (nSPS) is 17.3. The molecule has 4 heteroatoms. The summed E-state index contributed by atoms with van der Waals surface area (Å²) < 4.78 is 1.05. The van der Waals surface area contributed by atoms with Crippen molar-refractivity contribution < 1.29 is 0 Å². The highest BCUT2D eigenvalue weighted by atomic mass is 79.9. The molecular formula is C14H22BrN3. The maximum Gasteiger partial charge on any atom is 0.0544 e. The van der Waals surface area contributed by atoms with Crippen LogP contribution in [0, 0.1) is 5.92 Å². The van der Waals surface area contributed by atoms with Crippen LogP contribution in [-0.4, -0.2) is 36.1 Å². The Morgan fingerprint density at radius 2 is 2.17 bits per heavy atom. The number of rotatable bonds is 5. The van der Waals surface area contributed by atoms with E-state index in [1.54, 1.807) is 0 Å². The molecule has 0 unspecified atom stereocenters. The van der Waals surface area contributed by atoms with Gasteiger partial charge >= 0.3 is 0 Å². The highest BCUT2D eigenvalue weighted by Crippen LogP contribution is 2.15. The molecule has 1 fully saturated rings. The van der Waals surface area contributed by atoms with Gasteiger partial charge in [0.1, 0.15) is 0 Å². The molecule has 1 N–H and O–H groups in total. The van der Waals surface area contributed by atoms with Crippen molar-refractivity contribution in [3.05, 3.63) is 28.5 Å². The number of nitrogens with one attached hydrogen (secondary N) is 1. The lowest BCUT2D eigenvalue weighted by molar-refractivity contribution is 0.205. The monoisotopic (exact) mass is 311 g/mol. The van der Waals surface area contributed by atoms with Gasteiger partial charge in [-0.3, -0.25) is 9.88 Å². The Balaban J connectivity index is 1.86. The first-order valence-electron chi connectivity index (χ1n) is 6.81. The van der Waals surface area contributed by atoms with Crippen LogP contribution in [0.1, 0.15) is 25.5 Å². The van der Waals surface area contributed by atoms with Gasteiger partial charge in [-0.2, -0.15) is 0 Å². The van der Waals surface area contributed by atoms with Crippen LogP contribution in [0.4, 0.5) is 0 Å². The number of pyridine rings is 1. The SMILES string of the molecule is CCN(Cc1ccc(Br)cn1)CC1CCNCC1. The largest absolute Gasteiger partial charge is 0.317 e. The maximum absolute atomic E-state index is 4.46. The number of aromatic nitrogens is 1. The molecule has 100 valence electrons. The number of halogens is 1. The summed E-state index contributed by atoms with van der Waals surface area (Å²) in [5.74, 6) is 0.849. The summed E-state index contributed by atoms with van der Waals surface area (Å²) in [6, 6.07) is 4.18. The van der Waals surface area contributed by atoms with E-state index in [4.69, 9.17) is 0 Å². The van der Waals surface area contributed by atoms with Gasteiger partial charge in [-0.25, -0.2) is 0 Å². The second kappa shape index (κ2) is 7.22. The van der Waals surface area contributed by atoms with Gasteiger partial charge in [0.15, 0.2) is 0 Å². The van der Waals surface area contributed by atoms with E-state index in [0.29, 0.717) is 0 Å². The molecule has 3 nitrogen and oxygen atoms in total. The Hall–Kier alpha value is -0.450. The summed E-state index contributed by atoms with van der Waals surface area (Å²) in [5, 5.41) is 3.43. The van der Waals surface area contributed by atoms with Gasteiger partial charge in [0.05, 0.1) is 5.69 Å². The molecule has 0 amide bonds. The predicted molar refractivity (Wildman–Crippen MR) is 78.5 cm³/mol. The van der Waals surface area contributed by atoms with Crippen molar-refractivity contribution in [2.45, 2.75) is 26.3 Å². The van der Waals surface area contributed by atoms with Gasteiger partial charge in [0.25, 0.3) is 0 Å². The van der Waals surface area contributed by atoms with Crippen LogP contribution in [-0.2, 0) is 6.54 Å². The molecule has 2 heterocycles. The average Bonchev–Trinajstić information content (AvgIpc) is 2.41. The Morgan fingerprint density at radius 3 is 2.78 bits per heavy atom. The Bertz CT molecular complexity index is 347. The third kappa shape index (κ3) is 4.34. The zero-order valence-corrected chi connectivity index (χ0v) is 12.6. The zero-order valence-electron chi connectivity index (χ0n) is 11.0. The van der Waals surface area contributed by atoms with E-state index in [-0.39, 0.29) is 0 Å². The van der Waals surface area contributed by atoms with Gasteiger partial charge < -0.3 is 5.32 Å². The Morgan fingerprint density at radius 1 is 1.39 bits per heavy atom. The average molecular weight is 312 g/mol. The van der Waals surface area contributed by atoms with E-state index in [1.165, 1.54) is 32.5 Å². The molecule has 1 aliphatic heterocycles. The number of hydrogen-bond donors (Lipinski definition) is 1. The molecule has 2 rings (SSSR count). The van der Waals surface area contributed by atoms with E-state index < -0.39 is 0 Å².